The molecule has 16 heavy (non-hydrogen) atoms. The molecule has 90 valence electrons. The lowest BCUT2D eigenvalue weighted by Gasteiger charge is -2.39. The van der Waals surface area contributed by atoms with Gasteiger partial charge >= 0.3 is 0 Å². The molecule has 2 unspecified atom stereocenters. The summed E-state index contributed by atoms with van der Waals surface area (Å²) >= 11 is 0. The summed E-state index contributed by atoms with van der Waals surface area (Å²) in [7, 11) is 1.81. The fourth-order valence-electron chi connectivity index (χ4n) is 2.40. The molecule has 0 bridgehead atoms. The average Bonchev–Trinajstić information content (AvgIpc) is 2.17. The Balaban J connectivity index is 2.54. The fourth-order valence-corrected chi connectivity index (χ4v) is 2.40. The fraction of sp³-hybridized carbons (Fsp3) is 0.833. The predicted molar refractivity (Wildman–Crippen MR) is 62.7 cm³/mol. The van der Waals surface area contributed by atoms with Gasteiger partial charge in [-0.3, -0.25) is 9.69 Å². The molecule has 1 aliphatic rings. The van der Waals surface area contributed by atoms with Gasteiger partial charge in [-0.05, 0) is 40.2 Å². The van der Waals surface area contributed by atoms with Crippen molar-refractivity contribution in [2.24, 2.45) is 0 Å². The first-order chi connectivity index (χ1) is 7.56. The lowest BCUT2D eigenvalue weighted by Crippen LogP contribution is -2.50. The molecule has 1 amide bonds. The molecule has 0 aromatic rings. The highest BCUT2D eigenvalue weighted by Gasteiger charge is 2.28. The molecule has 0 aromatic heterocycles. The van der Waals surface area contributed by atoms with Gasteiger partial charge in [-0.1, -0.05) is 0 Å². The number of hydrogen-bond acceptors (Lipinski definition) is 3. The molecule has 0 aromatic carbocycles. The van der Waals surface area contributed by atoms with E-state index in [-0.39, 0.29) is 5.91 Å². The van der Waals surface area contributed by atoms with Crippen LogP contribution in [0.1, 0.15) is 33.1 Å². The number of amides is 1. The van der Waals surface area contributed by atoms with Gasteiger partial charge in [0.2, 0.25) is 5.91 Å². The number of nitriles is 1. The smallest absolute Gasteiger partial charge is 0.237 e. The van der Waals surface area contributed by atoms with Gasteiger partial charge in [0.15, 0.2) is 0 Å². The Bertz CT molecular complexity index is 274. The number of nitrogens with zero attached hydrogens (tertiary/aromatic N) is 3. The SMILES string of the molecule is CC1CCCC(C)N1C(=O)CN(C)CC#N. The maximum Gasteiger partial charge on any atom is 0.237 e. The largest absolute Gasteiger partial charge is 0.336 e. The van der Waals surface area contributed by atoms with Gasteiger partial charge in [-0.25, -0.2) is 0 Å². The maximum atomic E-state index is 12.1. The average molecular weight is 223 g/mol. The van der Waals surface area contributed by atoms with Crippen molar-refractivity contribution in [3.63, 3.8) is 0 Å². The first-order valence-corrected chi connectivity index (χ1v) is 5.93. The van der Waals surface area contributed by atoms with E-state index in [1.165, 1.54) is 6.42 Å². The zero-order chi connectivity index (χ0) is 12.1. The topological polar surface area (TPSA) is 47.3 Å². The molecule has 1 fully saturated rings. The summed E-state index contributed by atoms with van der Waals surface area (Å²) in [4.78, 5) is 15.8. The third-order valence-corrected chi connectivity index (χ3v) is 3.23. The van der Waals surface area contributed by atoms with E-state index in [1.807, 2.05) is 4.90 Å². The van der Waals surface area contributed by atoms with Gasteiger partial charge in [0.1, 0.15) is 0 Å². The van der Waals surface area contributed by atoms with Crippen molar-refractivity contribution in [2.75, 3.05) is 20.1 Å². The zero-order valence-electron chi connectivity index (χ0n) is 10.4. The summed E-state index contributed by atoms with van der Waals surface area (Å²) in [5, 5.41) is 8.55. The van der Waals surface area contributed by atoms with Crippen LogP contribution in [0, 0.1) is 11.3 Å². The number of likely N-dealkylation sites (N-methyl/N-ethyl adjacent to an activating group) is 1. The van der Waals surface area contributed by atoms with Crippen LogP contribution in [0.5, 0.6) is 0 Å². The molecule has 2 atom stereocenters. The Hall–Kier alpha value is -1.08. The first-order valence-electron chi connectivity index (χ1n) is 5.93. The van der Waals surface area contributed by atoms with Crippen LogP contribution in [-0.4, -0.2) is 47.9 Å². The molecule has 1 rings (SSSR count). The van der Waals surface area contributed by atoms with Crippen LogP contribution in [0.25, 0.3) is 0 Å². The second-order valence-electron chi connectivity index (χ2n) is 4.76. The third kappa shape index (κ3) is 3.21. The molecule has 0 aliphatic carbocycles. The summed E-state index contributed by atoms with van der Waals surface area (Å²) in [5.41, 5.74) is 0. The summed E-state index contributed by atoms with van der Waals surface area (Å²) in [6, 6.07) is 2.73. The van der Waals surface area contributed by atoms with Crippen molar-refractivity contribution in [1.82, 2.24) is 9.80 Å². The summed E-state index contributed by atoms with van der Waals surface area (Å²) in [6.45, 7) is 4.88. The van der Waals surface area contributed by atoms with E-state index in [1.54, 1.807) is 11.9 Å². The van der Waals surface area contributed by atoms with E-state index < -0.39 is 0 Å². The van der Waals surface area contributed by atoms with Crippen molar-refractivity contribution in [2.45, 2.75) is 45.2 Å². The molecule has 0 spiro atoms. The Morgan fingerprint density at radius 3 is 2.50 bits per heavy atom. The Morgan fingerprint density at radius 2 is 2.00 bits per heavy atom. The van der Waals surface area contributed by atoms with Crippen molar-refractivity contribution in [1.29, 1.82) is 5.26 Å². The standard InChI is InChI=1S/C12H21N3O/c1-10-5-4-6-11(2)15(10)12(16)9-14(3)8-7-13/h10-11H,4-6,8-9H2,1-3H3. The molecule has 1 aliphatic heterocycles. The van der Waals surface area contributed by atoms with Crippen molar-refractivity contribution in [3.05, 3.63) is 0 Å². The van der Waals surface area contributed by atoms with E-state index >= 15 is 0 Å². The Labute approximate surface area is 97.8 Å². The van der Waals surface area contributed by atoms with Gasteiger partial charge in [-0.15, -0.1) is 0 Å². The minimum atomic E-state index is 0.150. The van der Waals surface area contributed by atoms with E-state index in [0.29, 0.717) is 25.2 Å². The number of likely N-dealkylation sites (tertiary alicyclic amines) is 1. The first kappa shape index (κ1) is 13.0. The highest BCUT2D eigenvalue weighted by Crippen LogP contribution is 2.22. The third-order valence-electron chi connectivity index (χ3n) is 3.23. The molecule has 0 radical (unpaired) electrons. The number of hydrogen-bond donors (Lipinski definition) is 0. The normalized spacial score (nSPS) is 25.6. The Morgan fingerprint density at radius 1 is 1.44 bits per heavy atom. The molecule has 0 saturated carbocycles. The highest BCUT2D eigenvalue weighted by atomic mass is 16.2. The maximum absolute atomic E-state index is 12.1. The van der Waals surface area contributed by atoms with Crippen molar-refractivity contribution in [3.8, 4) is 6.07 Å². The van der Waals surface area contributed by atoms with Crippen LogP contribution in [0.3, 0.4) is 0 Å². The molecular weight excluding hydrogens is 202 g/mol. The minimum Gasteiger partial charge on any atom is -0.336 e. The zero-order valence-corrected chi connectivity index (χ0v) is 10.4. The van der Waals surface area contributed by atoms with Crippen molar-refractivity contribution >= 4 is 5.91 Å². The summed E-state index contributed by atoms with van der Waals surface area (Å²) < 4.78 is 0. The number of carbonyl (C=O) groups excluding carboxylic acids is 1. The highest BCUT2D eigenvalue weighted by molar-refractivity contribution is 5.79. The molecule has 4 nitrogen and oxygen atoms in total. The summed E-state index contributed by atoms with van der Waals surface area (Å²) in [5.74, 6) is 0.150. The second kappa shape index (κ2) is 5.86. The lowest BCUT2D eigenvalue weighted by molar-refractivity contribution is -0.138. The number of carbonyl (C=O) groups is 1. The summed E-state index contributed by atoms with van der Waals surface area (Å²) in [6.07, 6.45) is 3.40. The van der Waals surface area contributed by atoms with Crippen LogP contribution >= 0.6 is 0 Å². The van der Waals surface area contributed by atoms with Crippen LogP contribution in [0.15, 0.2) is 0 Å². The molecule has 0 N–H and O–H groups in total. The minimum absolute atomic E-state index is 0.150. The van der Waals surface area contributed by atoms with E-state index in [2.05, 4.69) is 19.9 Å². The van der Waals surface area contributed by atoms with Crippen LogP contribution < -0.4 is 0 Å². The monoisotopic (exact) mass is 223 g/mol. The van der Waals surface area contributed by atoms with Gasteiger partial charge in [0.25, 0.3) is 0 Å². The molecule has 4 heteroatoms. The van der Waals surface area contributed by atoms with Crippen LogP contribution in [0.2, 0.25) is 0 Å². The van der Waals surface area contributed by atoms with Gasteiger partial charge in [0, 0.05) is 12.1 Å². The Kier molecular flexibility index (Phi) is 4.75. The molecule has 1 saturated heterocycles. The molecular formula is C12H21N3O. The van der Waals surface area contributed by atoms with E-state index in [4.69, 9.17) is 5.26 Å². The second-order valence-corrected chi connectivity index (χ2v) is 4.76. The quantitative estimate of drug-likeness (QED) is 0.676. The van der Waals surface area contributed by atoms with E-state index in [9.17, 15) is 4.79 Å². The van der Waals surface area contributed by atoms with Gasteiger partial charge in [0.05, 0.1) is 19.2 Å². The number of piperidine rings is 1. The lowest BCUT2D eigenvalue weighted by atomic mass is 9.97. The van der Waals surface area contributed by atoms with Gasteiger partial charge in [-0.2, -0.15) is 5.26 Å². The molecule has 1 heterocycles. The van der Waals surface area contributed by atoms with Crippen LogP contribution in [-0.2, 0) is 4.79 Å². The predicted octanol–water partition coefficient (Wildman–Crippen LogP) is 1.23. The van der Waals surface area contributed by atoms with Gasteiger partial charge < -0.3 is 4.90 Å². The number of rotatable bonds is 3. The van der Waals surface area contributed by atoms with Crippen LogP contribution in [0.4, 0.5) is 0 Å². The van der Waals surface area contributed by atoms with E-state index in [0.717, 1.165) is 12.8 Å². The van der Waals surface area contributed by atoms with Crippen molar-refractivity contribution < 1.29 is 4.79 Å².